The molecule has 1 aromatic heterocycles. The maximum Gasteiger partial charge on any atom is 0.244 e. The first-order chi connectivity index (χ1) is 28.2. The van der Waals surface area contributed by atoms with Crippen LogP contribution in [0.5, 0.6) is 0 Å². The number of nitrogens with one attached hydrogen (secondary N) is 5. The maximum absolute atomic E-state index is 14.8. The molecule has 1 saturated heterocycles. The highest BCUT2D eigenvalue weighted by molar-refractivity contribution is 7.09. The van der Waals surface area contributed by atoms with Gasteiger partial charge < -0.3 is 36.3 Å². The first kappa shape index (κ1) is 46.4. The molecule has 11 atom stereocenters. The van der Waals surface area contributed by atoms with Crippen LogP contribution in [0.2, 0.25) is 0 Å². The molecule has 0 bridgehead atoms. The second-order valence-electron chi connectivity index (χ2n) is 19.4. The number of hydrogen-bond acceptors (Lipinski definition) is 10. The summed E-state index contributed by atoms with van der Waals surface area (Å²) in [6, 6.07) is 4.18. The summed E-state index contributed by atoms with van der Waals surface area (Å²) in [5.41, 5.74) is -0.653. The molecule has 3 heterocycles. The van der Waals surface area contributed by atoms with Gasteiger partial charge in [0.2, 0.25) is 29.5 Å². The summed E-state index contributed by atoms with van der Waals surface area (Å²) >= 11 is 1.32. The normalized spacial score (nSPS) is 26.3. The maximum atomic E-state index is 14.8. The minimum absolute atomic E-state index is 0.00434. The van der Waals surface area contributed by atoms with Crippen LogP contribution in [-0.2, 0) is 28.8 Å². The second kappa shape index (κ2) is 19.4. The number of amidine groups is 1. The fraction of sp³-hybridized carbons (Fsp3) is 0.644. The molecule has 5 unspecified atom stereocenters. The SMILES string of the molecule is CC1C[C@@H]1CC(C)[C@@H]1NC(=O)[C@@H]2[C@H](C)CCN2C(=O)CN=C(NC(C(=O)NC(C(=O)N[C@H](CC=O)c2nccs2)[C@@H](C)c2ccccc2)C(C)(C)C)C(C(C)(C)C)NC1=O. The van der Waals surface area contributed by atoms with E-state index in [0.717, 1.165) is 24.7 Å². The molecule has 3 aliphatic rings. The number of aliphatic imine (C=N–C) groups is 1. The zero-order valence-electron chi connectivity index (χ0n) is 36.9. The van der Waals surface area contributed by atoms with Gasteiger partial charge in [0.15, 0.2) is 0 Å². The number of fused-ring (bicyclic) bond motifs is 1. The smallest absolute Gasteiger partial charge is 0.244 e. The van der Waals surface area contributed by atoms with Crippen molar-refractivity contribution < 1.29 is 28.8 Å². The molecule has 1 aromatic carbocycles. The fourth-order valence-corrected chi connectivity index (χ4v) is 9.18. The van der Waals surface area contributed by atoms with Crippen LogP contribution < -0.4 is 26.6 Å². The highest BCUT2D eigenvalue weighted by Gasteiger charge is 2.45. The van der Waals surface area contributed by atoms with Crippen molar-refractivity contribution in [3.05, 3.63) is 52.5 Å². The molecule has 5 amide bonds. The minimum atomic E-state index is -1.08. The van der Waals surface area contributed by atoms with Gasteiger partial charge in [0.1, 0.15) is 47.8 Å². The molecule has 14 nitrogen and oxygen atoms in total. The largest absolute Gasteiger partial charge is 0.360 e. The van der Waals surface area contributed by atoms with E-state index < -0.39 is 64.8 Å². The van der Waals surface area contributed by atoms with Crippen molar-refractivity contribution in [2.45, 2.75) is 137 Å². The van der Waals surface area contributed by atoms with E-state index in [1.807, 2.05) is 92.6 Å². The van der Waals surface area contributed by atoms with Gasteiger partial charge in [0, 0.05) is 30.5 Å². The molecule has 2 aromatic rings. The number of nitrogens with zero attached hydrogens (tertiary/aromatic N) is 3. The number of rotatable bonds is 13. The van der Waals surface area contributed by atoms with Crippen LogP contribution in [0.25, 0.3) is 0 Å². The number of hydrogen-bond donors (Lipinski definition) is 5. The van der Waals surface area contributed by atoms with Crippen LogP contribution >= 0.6 is 11.3 Å². The summed E-state index contributed by atoms with van der Waals surface area (Å²) in [7, 11) is 0. The number of thiazole rings is 1. The Balaban J connectivity index is 1.52. The van der Waals surface area contributed by atoms with Crippen molar-refractivity contribution in [2.24, 2.45) is 39.5 Å². The van der Waals surface area contributed by atoms with Gasteiger partial charge in [0.05, 0.1) is 12.1 Å². The third kappa shape index (κ3) is 11.4. The van der Waals surface area contributed by atoms with Gasteiger partial charge in [0.25, 0.3) is 0 Å². The second-order valence-corrected chi connectivity index (χ2v) is 20.4. The predicted octanol–water partition coefficient (Wildman–Crippen LogP) is 4.53. The molecule has 2 aliphatic heterocycles. The first-order valence-electron chi connectivity index (χ1n) is 21.4. The van der Waals surface area contributed by atoms with Crippen molar-refractivity contribution in [3.8, 4) is 0 Å². The van der Waals surface area contributed by atoms with E-state index in [1.54, 1.807) is 16.5 Å². The molecule has 15 heteroatoms. The van der Waals surface area contributed by atoms with Gasteiger partial charge in [-0.1, -0.05) is 99.6 Å². The van der Waals surface area contributed by atoms with E-state index in [9.17, 15) is 28.8 Å². The quantitative estimate of drug-likeness (QED) is 0.182. The predicted molar refractivity (Wildman–Crippen MR) is 233 cm³/mol. The molecule has 1 saturated carbocycles. The third-order valence-electron chi connectivity index (χ3n) is 12.4. The van der Waals surface area contributed by atoms with Crippen molar-refractivity contribution in [2.75, 3.05) is 13.1 Å². The number of aldehydes is 1. The van der Waals surface area contributed by atoms with Crippen molar-refractivity contribution in [1.29, 1.82) is 0 Å². The van der Waals surface area contributed by atoms with E-state index >= 15 is 0 Å². The zero-order chi connectivity index (χ0) is 44.1. The highest BCUT2D eigenvalue weighted by Crippen LogP contribution is 2.43. The lowest BCUT2D eigenvalue weighted by Crippen LogP contribution is -2.65. The summed E-state index contributed by atoms with van der Waals surface area (Å²) in [6.07, 6.45) is 4.82. The zero-order valence-corrected chi connectivity index (χ0v) is 37.7. The van der Waals surface area contributed by atoms with E-state index in [1.165, 1.54) is 11.3 Å². The van der Waals surface area contributed by atoms with Gasteiger partial charge in [-0.25, -0.2) is 4.98 Å². The molecule has 5 rings (SSSR count). The minimum Gasteiger partial charge on any atom is -0.360 e. The van der Waals surface area contributed by atoms with E-state index in [0.29, 0.717) is 29.8 Å². The summed E-state index contributed by atoms with van der Waals surface area (Å²) in [5, 5.41) is 18.0. The van der Waals surface area contributed by atoms with Crippen LogP contribution in [0, 0.1) is 34.5 Å². The van der Waals surface area contributed by atoms with Crippen molar-refractivity contribution in [3.63, 3.8) is 0 Å². The van der Waals surface area contributed by atoms with Gasteiger partial charge in [-0.15, -0.1) is 11.3 Å². The third-order valence-corrected chi connectivity index (χ3v) is 13.3. The van der Waals surface area contributed by atoms with Crippen LogP contribution in [0.1, 0.15) is 117 Å². The molecule has 1 aliphatic carbocycles. The van der Waals surface area contributed by atoms with Crippen LogP contribution in [0.15, 0.2) is 46.9 Å². The number of carbonyl (C=O) groups is 6. The Morgan fingerprint density at radius 1 is 0.967 bits per heavy atom. The molecular weight excluding hydrogens is 781 g/mol. The highest BCUT2D eigenvalue weighted by atomic mass is 32.1. The molecule has 0 radical (unpaired) electrons. The number of benzene rings is 1. The van der Waals surface area contributed by atoms with Gasteiger partial charge >= 0.3 is 0 Å². The number of amides is 5. The van der Waals surface area contributed by atoms with Crippen molar-refractivity contribution in [1.82, 2.24) is 36.5 Å². The first-order valence-corrected chi connectivity index (χ1v) is 22.3. The van der Waals surface area contributed by atoms with Gasteiger partial charge in [-0.3, -0.25) is 29.0 Å². The topological polar surface area (TPSA) is 191 Å². The summed E-state index contributed by atoms with van der Waals surface area (Å²) < 4.78 is 0. The molecule has 0 spiro atoms. The van der Waals surface area contributed by atoms with Crippen molar-refractivity contribution >= 4 is 53.0 Å². The van der Waals surface area contributed by atoms with Crippen LogP contribution in [-0.4, -0.2) is 94.8 Å². The lowest BCUT2D eigenvalue weighted by molar-refractivity contribution is -0.140. The molecule has 328 valence electrons. The number of carbonyl (C=O) groups excluding carboxylic acids is 6. The summed E-state index contributed by atoms with van der Waals surface area (Å²) in [6.45, 7) is 19.5. The van der Waals surface area contributed by atoms with E-state index in [4.69, 9.17) is 4.99 Å². The van der Waals surface area contributed by atoms with Gasteiger partial charge in [-0.05, 0) is 59.3 Å². The van der Waals surface area contributed by atoms with Gasteiger partial charge in [-0.2, -0.15) is 0 Å². The Hall–Kier alpha value is -4.66. The molecular formula is C45H66N8O6S. The Morgan fingerprint density at radius 3 is 2.23 bits per heavy atom. The lowest BCUT2D eigenvalue weighted by Gasteiger charge is -2.40. The molecule has 2 fully saturated rings. The Bertz CT molecular complexity index is 1870. The standard InChI is InChI=1S/C45H66N8O6S/c1-25-16-19-53-32(55)24-47-38(36(44(5,6)7)52-39(56)33(49-41(58)35(25)53)27(3)23-30-22-26(30)2)51-37(45(8,9)10)42(59)50-34(28(4)29-14-12-11-13-15-29)40(57)48-31(17-20-54)43-46-18-21-60-43/h11-15,18,20-21,25-28,30-31,33-37H,16-17,19,22-24H2,1-10H3,(H,47,51)(H,48,57)(H,49,58)(H,50,59)(H,52,56)/t25-,26?,27?,28+,30-,31-,33+,34?,35+,36?,37?/m1/s1. The van der Waals surface area contributed by atoms with Crippen LogP contribution in [0.4, 0.5) is 0 Å². The lowest BCUT2D eigenvalue weighted by atomic mass is 9.82. The Labute approximate surface area is 359 Å². The summed E-state index contributed by atoms with van der Waals surface area (Å²) in [5.74, 6) is -1.55. The fourth-order valence-electron chi connectivity index (χ4n) is 8.48. The molecule has 60 heavy (non-hydrogen) atoms. The monoisotopic (exact) mass is 846 g/mol. The van der Waals surface area contributed by atoms with Crippen LogP contribution in [0.3, 0.4) is 0 Å². The molecule has 5 N–H and O–H groups in total. The Morgan fingerprint density at radius 2 is 1.65 bits per heavy atom. The Kier molecular flexibility index (Phi) is 15.0. The average Bonchev–Trinajstić information content (AvgIpc) is 3.50. The number of aromatic nitrogens is 1. The van der Waals surface area contributed by atoms with E-state index in [-0.39, 0.29) is 48.4 Å². The summed E-state index contributed by atoms with van der Waals surface area (Å²) in [4.78, 5) is 94.1. The van der Waals surface area contributed by atoms with E-state index in [2.05, 4.69) is 38.5 Å². The average molecular weight is 847 g/mol.